The van der Waals surface area contributed by atoms with Crippen molar-refractivity contribution < 1.29 is 13.5 Å². The van der Waals surface area contributed by atoms with Gasteiger partial charge in [0.05, 0.1) is 6.20 Å². The van der Waals surface area contributed by atoms with Gasteiger partial charge in [0.2, 0.25) is 5.88 Å². The third-order valence-electron chi connectivity index (χ3n) is 2.64. The van der Waals surface area contributed by atoms with E-state index in [4.69, 9.17) is 16.7 Å². The Labute approximate surface area is 121 Å². The average Bonchev–Trinajstić information content (AvgIpc) is 2.92. The molecule has 20 heavy (non-hydrogen) atoms. The number of nitrogens with zero attached hydrogens (tertiary/aromatic N) is 1. The molecule has 2 heterocycles. The van der Waals surface area contributed by atoms with Crippen molar-refractivity contribution in [3.63, 3.8) is 0 Å². The minimum absolute atomic E-state index is 0.00383. The highest BCUT2D eigenvalue weighted by molar-refractivity contribution is 7.92. The molecule has 0 amide bonds. The van der Waals surface area contributed by atoms with Crippen LogP contribution in [0.4, 0.5) is 0 Å². The lowest BCUT2D eigenvalue weighted by Crippen LogP contribution is -2.23. The average molecular weight is 331 g/mol. The van der Waals surface area contributed by atoms with Crippen molar-refractivity contribution in [1.29, 1.82) is 0 Å². The molecule has 0 radical (unpaired) electrons. The highest BCUT2D eigenvalue weighted by atomic mass is 35.5. The smallest absolute Gasteiger partial charge is 0.342 e. The number of fused-ring (bicyclic) bond motifs is 1. The monoisotopic (exact) mass is 330 g/mol. The van der Waals surface area contributed by atoms with Gasteiger partial charge in [-0.1, -0.05) is 11.6 Å². The van der Waals surface area contributed by atoms with E-state index in [1.54, 1.807) is 18.2 Å². The summed E-state index contributed by atoms with van der Waals surface area (Å²) in [6.45, 7) is 0. The van der Waals surface area contributed by atoms with Crippen LogP contribution in [0.5, 0.6) is 5.88 Å². The van der Waals surface area contributed by atoms with E-state index in [0.29, 0.717) is 14.4 Å². The lowest BCUT2D eigenvalue weighted by atomic mass is 10.3. The summed E-state index contributed by atoms with van der Waals surface area (Å²) in [5.74, 6) is -0.511. The third kappa shape index (κ3) is 2.01. The topological polar surface area (TPSA) is 92.2 Å². The quantitative estimate of drug-likeness (QED) is 0.751. The number of benzene rings is 1. The van der Waals surface area contributed by atoms with Crippen molar-refractivity contribution in [3.8, 4) is 5.88 Å². The van der Waals surface area contributed by atoms with E-state index in [9.17, 15) is 13.2 Å². The van der Waals surface area contributed by atoms with E-state index >= 15 is 0 Å². The number of aromatic hydroxyl groups is 1. The second kappa shape index (κ2) is 4.37. The maximum atomic E-state index is 12.3. The van der Waals surface area contributed by atoms with Crippen LogP contribution in [0.1, 0.15) is 0 Å². The first-order valence-electron chi connectivity index (χ1n) is 5.33. The Balaban J connectivity index is 2.23. The number of hydrogen-bond acceptors (Lipinski definition) is 5. The summed E-state index contributed by atoms with van der Waals surface area (Å²) in [4.78, 5) is 13.5. The number of H-pyrrole nitrogens is 1. The van der Waals surface area contributed by atoms with Crippen molar-refractivity contribution in [3.05, 3.63) is 46.0 Å². The van der Waals surface area contributed by atoms with Gasteiger partial charge in [0, 0.05) is 9.72 Å². The molecule has 0 aliphatic heterocycles. The number of hydrogen-bond donors (Lipinski definition) is 2. The predicted molar refractivity (Wildman–Crippen MR) is 76.1 cm³/mol. The molecule has 1 aromatic carbocycles. The fourth-order valence-electron chi connectivity index (χ4n) is 1.76. The normalized spacial score (nSPS) is 12.1. The molecule has 0 unspecified atom stereocenters. The van der Waals surface area contributed by atoms with Crippen LogP contribution in [0.3, 0.4) is 0 Å². The third-order valence-corrected chi connectivity index (χ3v) is 6.09. The van der Waals surface area contributed by atoms with Crippen molar-refractivity contribution in [2.75, 3.05) is 0 Å². The molecule has 9 heteroatoms. The summed E-state index contributed by atoms with van der Waals surface area (Å²) >= 11 is 6.87. The van der Waals surface area contributed by atoms with Gasteiger partial charge in [-0.15, -0.1) is 11.3 Å². The van der Waals surface area contributed by atoms with Crippen LogP contribution in [-0.2, 0) is 10.0 Å². The largest absolute Gasteiger partial charge is 0.493 e. The van der Waals surface area contributed by atoms with Gasteiger partial charge in [-0.05, 0) is 29.7 Å². The molecule has 3 aromatic rings. The number of imidazole rings is 1. The zero-order valence-electron chi connectivity index (χ0n) is 9.70. The number of rotatable bonds is 2. The summed E-state index contributed by atoms with van der Waals surface area (Å²) < 4.78 is 25.9. The van der Waals surface area contributed by atoms with Crippen molar-refractivity contribution >= 4 is 43.0 Å². The highest BCUT2D eigenvalue weighted by Crippen LogP contribution is 2.31. The second-order valence-corrected chi connectivity index (χ2v) is 7.55. The molecule has 3 rings (SSSR count). The number of aromatic nitrogens is 2. The van der Waals surface area contributed by atoms with E-state index in [-0.39, 0.29) is 4.21 Å². The zero-order valence-corrected chi connectivity index (χ0v) is 12.1. The van der Waals surface area contributed by atoms with Gasteiger partial charge in [-0.25, -0.2) is 4.79 Å². The van der Waals surface area contributed by atoms with Gasteiger partial charge in [-0.2, -0.15) is 12.4 Å². The van der Waals surface area contributed by atoms with Crippen LogP contribution < -0.4 is 5.69 Å². The van der Waals surface area contributed by atoms with E-state index in [2.05, 4.69) is 0 Å². The Morgan fingerprint density at radius 3 is 2.70 bits per heavy atom. The summed E-state index contributed by atoms with van der Waals surface area (Å²) in [5, 5.41) is 10.3. The molecule has 0 spiro atoms. The van der Waals surface area contributed by atoms with Crippen LogP contribution in [-0.4, -0.2) is 22.5 Å². The predicted octanol–water partition coefficient (Wildman–Crippen LogP) is 1.99. The summed E-state index contributed by atoms with van der Waals surface area (Å²) in [7, 11) is -4.04. The maximum absolute atomic E-state index is 12.3. The molecular weight excluding hydrogens is 324 g/mol. The minimum atomic E-state index is -4.04. The molecule has 0 aliphatic carbocycles. The Hall–Kier alpha value is -1.77. The van der Waals surface area contributed by atoms with Crippen molar-refractivity contribution in [2.24, 2.45) is 0 Å². The lowest BCUT2D eigenvalue weighted by molar-refractivity contribution is 0.455. The van der Waals surface area contributed by atoms with Gasteiger partial charge >= 0.3 is 5.69 Å². The number of halogens is 1. The lowest BCUT2D eigenvalue weighted by Gasteiger charge is -1.99. The van der Waals surface area contributed by atoms with Crippen LogP contribution in [0.25, 0.3) is 10.1 Å². The molecule has 6 nitrogen and oxygen atoms in total. The molecule has 2 aromatic heterocycles. The van der Waals surface area contributed by atoms with E-state index < -0.39 is 21.6 Å². The van der Waals surface area contributed by atoms with Crippen molar-refractivity contribution in [2.45, 2.75) is 4.21 Å². The molecule has 0 saturated carbocycles. The Kier molecular flexibility index (Phi) is 2.89. The minimum Gasteiger partial charge on any atom is -0.493 e. The van der Waals surface area contributed by atoms with E-state index in [0.717, 1.165) is 22.2 Å². The number of nitrogens with one attached hydrogen (secondary N) is 1. The molecule has 2 N–H and O–H groups in total. The van der Waals surface area contributed by atoms with Crippen molar-refractivity contribution in [1.82, 2.24) is 8.96 Å². The zero-order chi connectivity index (χ0) is 14.5. The van der Waals surface area contributed by atoms with Gasteiger partial charge in [0.15, 0.2) is 0 Å². The summed E-state index contributed by atoms with van der Waals surface area (Å²) in [6.07, 6.45) is 0.828. The van der Waals surface area contributed by atoms with E-state index in [1.165, 1.54) is 6.07 Å². The molecule has 0 aliphatic rings. The Morgan fingerprint density at radius 2 is 2.05 bits per heavy atom. The van der Waals surface area contributed by atoms with Crippen LogP contribution in [0.2, 0.25) is 5.02 Å². The van der Waals surface area contributed by atoms with Crippen LogP contribution >= 0.6 is 22.9 Å². The SMILES string of the molecule is O=c1[nH]c(O)cn1S(=O)(=O)c1cc2cc(Cl)ccc2s1. The fraction of sp³-hybridized carbons (Fsp3) is 0. The molecule has 0 saturated heterocycles. The Morgan fingerprint density at radius 1 is 1.30 bits per heavy atom. The second-order valence-electron chi connectivity index (χ2n) is 3.99. The van der Waals surface area contributed by atoms with Crippen LogP contribution in [0, 0.1) is 0 Å². The van der Waals surface area contributed by atoms with Gasteiger partial charge in [-0.3, -0.25) is 4.98 Å². The van der Waals surface area contributed by atoms with Gasteiger partial charge < -0.3 is 5.11 Å². The first kappa shape index (κ1) is 13.2. The summed E-state index contributed by atoms with van der Waals surface area (Å²) in [6, 6.07) is 6.45. The van der Waals surface area contributed by atoms with Crippen LogP contribution in [0.15, 0.2) is 39.5 Å². The highest BCUT2D eigenvalue weighted by Gasteiger charge is 2.23. The van der Waals surface area contributed by atoms with Gasteiger partial charge in [0.25, 0.3) is 10.0 Å². The first-order valence-corrected chi connectivity index (χ1v) is 7.97. The number of thiophene rings is 1. The van der Waals surface area contributed by atoms with Gasteiger partial charge in [0.1, 0.15) is 4.21 Å². The molecule has 0 fully saturated rings. The van der Waals surface area contributed by atoms with E-state index in [1.807, 2.05) is 4.98 Å². The maximum Gasteiger partial charge on any atom is 0.342 e. The summed E-state index contributed by atoms with van der Waals surface area (Å²) in [5.41, 5.74) is -0.919. The fourth-order valence-corrected chi connectivity index (χ4v) is 4.62. The Bertz CT molecular complexity index is 968. The molecule has 0 atom stereocenters. The molecule has 0 bridgehead atoms. The number of aromatic amines is 1. The molecular formula is C11H7ClN2O4S2. The molecule has 104 valence electrons. The standard InChI is InChI=1S/C11H7ClN2O4S2/c12-7-1-2-8-6(3-7)4-10(19-8)20(17,18)14-5-9(15)13-11(14)16/h1-5,15H,(H,13,16). The first-order chi connectivity index (χ1) is 9.38.